The standard InChI is InChI=1S/C10H21BrS/c1-9(5-7-11)6-8-12-10(2,3)4/h9H,5-8H2,1-4H3. The maximum absolute atomic E-state index is 3.47. The summed E-state index contributed by atoms with van der Waals surface area (Å²) in [6, 6.07) is 0. The molecule has 0 amide bonds. The van der Waals surface area contributed by atoms with Gasteiger partial charge in [-0.05, 0) is 24.5 Å². The van der Waals surface area contributed by atoms with Crippen molar-refractivity contribution in [3.05, 3.63) is 0 Å². The second-order valence-corrected chi connectivity index (χ2v) is 7.05. The fraction of sp³-hybridized carbons (Fsp3) is 1.00. The van der Waals surface area contributed by atoms with Gasteiger partial charge in [0.25, 0.3) is 0 Å². The minimum atomic E-state index is 0.439. The predicted molar refractivity (Wildman–Crippen MR) is 64.4 cm³/mol. The first-order chi connectivity index (χ1) is 5.45. The molecule has 0 rings (SSSR count). The van der Waals surface area contributed by atoms with Crippen LogP contribution in [0.5, 0.6) is 0 Å². The lowest BCUT2D eigenvalue weighted by atomic mass is 10.1. The molecule has 0 fully saturated rings. The number of rotatable bonds is 5. The van der Waals surface area contributed by atoms with Crippen LogP contribution in [0, 0.1) is 5.92 Å². The van der Waals surface area contributed by atoms with Crippen molar-refractivity contribution in [1.29, 1.82) is 0 Å². The molecule has 0 aromatic rings. The normalized spacial score (nSPS) is 14.8. The van der Waals surface area contributed by atoms with Crippen molar-refractivity contribution in [3.63, 3.8) is 0 Å². The summed E-state index contributed by atoms with van der Waals surface area (Å²) in [5.41, 5.74) is 0. The smallest absolute Gasteiger partial charge is 0.00750 e. The quantitative estimate of drug-likeness (QED) is 0.657. The zero-order valence-corrected chi connectivity index (χ0v) is 11.1. The fourth-order valence-corrected chi connectivity index (χ4v) is 2.81. The van der Waals surface area contributed by atoms with E-state index < -0.39 is 0 Å². The van der Waals surface area contributed by atoms with E-state index in [-0.39, 0.29) is 0 Å². The average molecular weight is 253 g/mol. The number of thioether (sulfide) groups is 1. The van der Waals surface area contributed by atoms with Gasteiger partial charge in [-0.3, -0.25) is 0 Å². The van der Waals surface area contributed by atoms with Crippen molar-refractivity contribution >= 4 is 27.7 Å². The third kappa shape index (κ3) is 8.92. The van der Waals surface area contributed by atoms with E-state index in [0.717, 1.165) is 11.2 Å². The molecule has 0 heterocycles. The molecule has 2 heteroatoms. The van der Waals surface area contributed by atoms with Crippen LogP contribution in [0.4, 0.5) is 0 Å². The van der Waals surface area contributed by atoms with Crippen molar-refractivity contribution in [3.8, 4) is 0 Å². The maximum Gasteiger partial charge on any atom is 0.00750 e. The molecule has 0 aromatic carbocycles. The van der Waals surface area contributed by atoms with Crippen LogP contribution in [-0.4, -0.2) is 15.8 Å². The molecular weight excluding hydrogens is 232 g/mol. The average Bonchev–Trinajstić information content (AvgIpc) is 1.84. The summed E-state index contributed by atoms with van der Waals surface area (Å²) in [6.07, 6.45) is 2.66. The second-order valence-electron chi connectivity index (χ2n) is 4.33. The number of hydrogen-bond donors (Lipinski definition) is 0. The van der Waals surface area contributed by atoms with Crippen LogP contribution in [0.25, 0.3) is 0 Å². The van der Waals surface area contributed by atoms with Crippen LogP contribution in [0.15, 0.2) is 0 Å². The highest BCUT2D eigenvalue weighted by molar-refractivity contribution is 9.09. The first kappa shape index (κ1) is 12.8. The Bertz CT molecular complexity index is 107. The van der Waals surface area contributed by atoms with Crippen molar-refractivity contribution in [1.82, 2.24) is 0 Å². The monoisotopic (exact) mass is 252 g/mol. The van der Waals surface area contributed by atoms with Crippen molar-refractivity contribution in [2.75, 3.05) is 11.1 Å². The van der Waals surface area contributed by atoms with E-state index >= 15 is 0 Å². The predicted octanol–water partition coefficient (Wildman–Crippen LogP) is 4.33. The Morgan fingerprint density at radius 1 is 1.25 bits per heavy atom. The Kier molecular flexibility index (Phi) is 6.75. The molecule has 0 nitrogen and oxygen atoms in total. The molecule has 0 saturated carbocycles. The van der Waals surface area contributed by atoms with E-state index in [0.29, 0.717) is 4.75 Å². The molecule has 12 heavy (non-hydrogen) atoms. The highest BCUT2D eigenvalue weighted by Gasteiger charge is 2.10. The summed E-state index contributed by atoms with van der Waals surface area (Å²) < 4.78 is 0.439. The molecule has 0 radical (unpaired) electrons. The summed E-state index contributed by atoms with van der Waals surface area (Å²) in [5.74, 6) is 2.18. The molecule has 0 aliphatic heterocycles. The Hall–Kier alpha value is 0.830. The summed E-state index contributed by atoms with van der Waals surface area (Å²) in [6.45, 7) is 9.19. The molecule has 0 aliphatic carbocycles. The summed E-state index contributed by atoms with van der Waals surface area (Å²) >= 11 is 5.55. The van der Waals surface area contributed by atoms with Crippen LogP contribution in [0.1, 0.15) is 40.5 Å². The van der Waals surface area contributed by atoms with E-state index in [1.54, 1.807) is 0 Å². The van der Waals surface area contributed by atoms with Crippen LogP contribution >= 0.6 is 27.7 Å². The number of halogens is 1. The van der Waals surface area contributed by atoms with Crippen LogP contribution in [-0.2, 0) is 0 Å². The Morgan fingerprint density at radius 2 is 1.83 bits per heavy atom. The third-order valence-electron chi connectivity index (χ3n) is 1.75. The molecular formula is C10H21BrS. The zero-order chi connectivity index (χ0) is 9.61. The molecule has 74 valence electrons. The van der Waals surface area contributed by atoms with Gasteiger partial charge in [-0.1, -0.05) is 43.6 Å². The minimum absolute atomic E-state index is 0.439. The molecule has 0 bridgehead atoms. The first-order valence-corrected chi connectivity index (χ1v) is 6.76. The van der Waals surface area contributed by atoms with E-state index in [1.807, 2.05) is 0 Å². The molecule has 0 aromatic heterocycles. The van der Waals surface area contributed by atoms with E-state index in [4.69, 9.17) is 0 Å². The van der Waals surface area contributed by atoms with Crippen molar-refractivity contribution in [2.45, 2.75) is 45.3 Å². The molecule has 0 aliphatic rings. The number of hydrogen-bond acceptors (Lipinski definition) is 1. The lowest BCUT2D eigenvalue weighted by Gasteiger charge is -2.18. The van der Waals surface area contributed by atoms with Gasteiger partial charge >= 0.3 is 0 Å². The van der Waals surface area contributed by atoms with Crippen LogP contribution < -0.4 is 0 Å². The Balaban J connectivity index is 3.31. The lowest BCUT2D eigenvalue weighted by molar-refractivity contribution is 0.554. The fourth-order valence-electron chi connectivity index (χ4n) is 0.897. The van der Waals surface area contributed by atoms with Gasteiger partial charge < -0.3 is 0 Å². The Labute approximate surface area is 90.0 Å². The van der Waals surface area contributed by atoms with Gasteiger partial charge in [-0.25, -0.2) is 0 Å². The second kappa shape index (κ2) is 6.31. The van der Waals surface area contributed by atoms with E-state index in [1.165, 1.54) is 18.6 Å². The molecule has 1 atom stereocenters. The summed E-state index contributed by atoms with van der Waals surface area (Å²) in [5, 5.41) is 1.15. The lowest BCUT2D eigenvalue weighted by Crippen LogP contribution is -2.09. The zero-order valence-electron chi connectivity index (χ0n) is 8.69. The van der Waals surface area contributed by atoms with Gasteiger partial charge in [0.2, 0.25) is 0 Å². The third-order valence-corrected chi connectivity index (χ3v) is 3.51. The molecule has 1 unspecified atom stereocenters. The highest BCUT2D eigenvalue weighted by Crippen LogP contribution is 2.25. The minimum Gasteiger partial charge on any atom is -0.156 e. The van der Waals surface area contributed by atoms with Gasteiger partial charge in [0, 0.05) is 10.1 Å². The molecule has 0 spiro atoms. The van der Waals surface area contributed by atoms with E-state index in [9.17, 15) is 0 Å². The van der Waals surface area contributed by atoms with Crippen LogP contribution in [0.2, 0.25) is 0 Å². The summed E-state index contributed by atoms with van der Waals surface area (Å²) in [7, 11) is 0. The maximum atomic E-state index is 3.47. The van der Waals surface area contributed by atoms with Crippen molar-refractivity contribution in [2.24, 2.45) is 5.92 Å². The highest BCUT2D eigenvalue weighted by atomic mass is 79.9. The van der Waals surface area contributed by atoms with Gasteiger partial charge in [-0.2, -0.15) is 11.8 Å². The van der Waals surface area contributed by atoms with Gasteiger partial charge in [0.05, 0.1) is 0 Å². The van der Waals surface area contributed by atoms with Crippen LogP contribution in [0.3, 0.4) is 0 Å². The Morgan fingerprint density at radius 3 is 2.25 bits per heavy atom. The molecule has 0 N–H and O–H groups in total. The van der Waals surface area contributed by atoms with Gasteiger partial charge in [-0.15, -0.1) is 0 Å². The van der Waals surface area contributed by atoms with E-state index in [2.05, 4.69) is 55.4 Å². The topological polar surface area (TPSA) is 0 Å². The summed E-state index contributed by atoms with van der Waals surface area (Å²) in [4.78, 5) is 0. The van der Waals surface area contributed by atoms with Gasteiger partial charge in [0.1, 0.15) is 0 Å². The first-order valence-electron chi connectivity index (χ1n) is 4.65. The molecule has 0 saturated heterocycles. The van der Waals surface area contributed by atoms with Crippen molar-refractivity contribution < 1.29 is 0 Å². The largest absolute Gasteiger partial charge is 0.156 e. The van der Waals surface area contributed by atoms with Gasteiger partial charge in [0.15, 0.2) is 0 Å². The number of alkyl halides is 1. The SMILES string of the molecule is CC(CCBr)CCSC(C)(C)C.